The lowest BCUT2D eigenvalue weighted by molar-refractivity contribution is 0.102. The van der Waals surface area contributed by atoms with Crippen molar-refractivity contribution in [2.24, 2.45) is 0 Å². The summed E-state index contributed by atoms with van der Waals surface area (Å²) in [6.45, 7) is 4.87. The van der Waals surface area contributed by atoms with Gasteiger partial charge in [0.1, 0.15) is 5.52 Å². The summed E-state index contributed by atoms with van der Waals surface area (Å²) >= 11 is 3.42. The first-order chi connectivity index (χ1) is 15.7. The molecule has 0 bridgehead atoms. The number of oxazole rings is 1. The molecule has 0 aliphatic carbocycles. The summed E-state index contributed by atoms with van der Waals surface area (Å²) in [6.07, 6.45) is 0. The zero-order chi connectivity index (χ0) is 21.9. The fourth-order valence-corrected chi connectivity index (χ4v) is 4.36. The van der Waals surface area contributed by atoms with Crippen molar-refractivity contribution in [3.8, 4) is 11.5 Å². The molecule has 5 rings (SSSR count). The van der Waals surface area contributed by atoms with E-state index in [0.29, 0.717) is 17.1 Å². The number of fused-ring (bicyclic) bond motifs is 1. The minimum absolute atomic E-state index is 0. The van der Waals surface area contributed by atoms with Crippen LogP contribution in [0.5, 0.6) is 0 Å². The summed E-state index contributed by atoms with van der Waals surface area (Å²) in [4.78, 5) is 20.0. The van der Waals surface area contributed by atoms with Crippen LogP contribution in [0.2, 0.25) is 0 Å². The van der Waals surface area contributed by atoms with Crippen molar-refractivity contribution >= 4 is 51.0 Å². The molecular weight excluding hydrogens is 504 g/mol. The van der Waals surface area contributed by atoms with E-state index in [4.69, 9.17) is 9.40 Å². The van der Waals surface area contributed by atoms with Crippen LogP contribution < -0.4 is 10.6 Å². The van der Waals surface area contributed by atoms with Crippen LogP contribution in [0.25, 0.3) is 22.6 Å². The van der Waals surface area contributed by atoms with E-state index < -0.39 is 0 Å². The second-order valence-electron chi connectivity index (χ2n) is 7.82. The minimum Gasteiger partial charge on any atom is -0.436 e. The number of amides is 1. The van der Waals surface area contributed by atoms with Crippen molar-refractivity contribution in [1.29, 1.82) is 0 Å². The molecule has 1 aliphatic heterocycles. The van der Waals surface area contributed by atoms with Crippen LogP contribution in [0.3, 0.4) is 0 Å². The van der Waals surface area contributed by atoms with Gasteiger partial charge in [0.15, 0.2) is 5.58 Å². The van der Waals surface area contributed by atoms with Crippen molar-refractivity contribution in [3.63, 3.8) is 0 Å². The highest BCUT2D eigenvalue weighted by Gasteiger charge is 2.18. The van der Waals surface area contributed by atoms with Crippen molar-refractivity contribution < 1.29 is 9.21 Å². The number of benzene rings is 3. The molecule has 8 heteroatoms. The summed E-state index contributed by atoms with van der Waals surface area (Å²) in [5.41, 5.74) is 4.73. The lowest BCUT2D eigenvalue weighted by atomic mass is 10.1. The molecule has 0 radical (unpaired) electrons. The number of hydrogen-bond donors (Lipinski definition) is 2. The molecule has 1 fully saturated rings. The number of carbonyl (C=O) groups is 1. The van der Waals surface area contributed by atoms with E-state index in [2.05, 4.69) is 37.5 Å². The van der Waals surface area contributed by atoms with E-state index in [-0.39, 0.29) is 18.3 Å². The fraction of sp³-hybridized carbons (Fsp3) is 0.200. The van der Waals surface area contributed by atoms with Crippen LogP contribution in [0.4, 0.5) is 5.69 Å². The molecule has 0 atom stereocenters. The van der Waals surface area contributed by atoms with Crippen LogP contribution >= 0.6 is 28.3 Å². The van der Waals surface area contributed by atoms with Crippen LogP contribution in [-0.2, 0) is 6.54 Å². The molecular formula is C25H24BrClN4O2. The molecule has 2 heterocycles. The van der Waals surface area contributed by atoms with Gasteiger partial charge in [0.25, 0.3) is 5.91 Å². The third kappa shape index (κ3) is 5.28. The standard InChI is InChI=1S/C25H23BrN4O2.ClH/c26-19-7-3-5-17(15-19)24(31)28-21-9-2-1-8-20(21)25-29-22-10-4-6-18(23(22)32-25)16-30-13-11-27-12-14-30;/h1-10,15,27H,11-14,16H2,(H,28,31);1H. The molecule has 1 saturated heterocycles. The Balaban J connectivity index is 0.00000259. The first kappa shape index (κ1) is 23.4. The third-order valence-corrected chi connectivity index (χ3v) is 6.09. The number of rotatable bonds is 5. The number of aromatic nitrogens is 1. The fourth-order valence-electron chi connectivity index (χ4n) is 3.96. The molecule has 170 valence electrons. The summed E-state index contributed by atoms with van der Waals surface area (Å²) in [5, 5.41) is 6.39. The predicted molar refractivity (Wildman–Crippen MR) is 137 cm³/mol. The van der Waals surface area contributed by atoms with Gasteiger partial charge in [-0.15, -0.1) is 12.4 Å². The number of hydrogen-bond acceptors (Lipinski definition) is 5. The smallest absolute Gasteiger partial charge is 0.255 e. The van der Waals surface area contributed by atoms with Gasteiger partial charge >= 0.3 is 0 Å². The number of nitrogens with one attached hydrogen (secondary N) is 2. The molecule has 3 aromatic carbocycles. The van der Waals surface area contributed by atoms with Crippen molar-refractivity contribution in [1.82, 2.24) is 15.2 Å². The number of piperazine rings is 1. The van der Waals surface area contributed by atoms with E-state index in [1.165, 1.54) is 0 Å². The largest absolute Gasteiger partial charge is 0.436 e. The first-order valence-corrected chi connectivity index (χ1v) is 11.4. The first-order valence-electron chi connectivity index (χ1n) is 10.7. The highest BCUT2D eigenvalue weighted by molar-refractivity contribution is 9.10. The van der Waals surface area contributed by atoms with Gasteiger partial charge in [-0.3, -0.25) is 9.69 Å². The van der Waals surface area contributed by atoms with E-state index in [0.717, 1.165) is 59.4 Å². The number of halogens is 2. The van der Waals surface area contributed by atoms with Crippen molar-refractivity contribution in [3.05, 3.63) is 82.3 Å². The Morgan fingerprint density at radius 3 is 2.67 bits per heavy atom. The second-order valence-corrected chi connectivity index (χ2v) is 8.74. The summed E-state index contributed by atoms with van der Waals surface area (Å²) in [7, 11) is 0. The molecule has 0 saturated carbocycles. The Bertz CT molecular complexity index is 1270. The van der Waals surface area contributed by atoms with Crippen LogP contribution in [-0.4, -0.2) is 42.0 Å². The van der Waals surface area contributed by atoms with Gasteiger partial charge in [0.2, 0.25) is 5.89 Å². The normalized spacial score (nSPS) is 14.1. The number of carbonyl (C=O) groups excluding carboxylic acids is 1. The van der Waals surface area contributed by atoms with Gasteiger partial charge in [-0.05, 0) is 36.4 Å². The number of para-hydroxylation sites is 2. The monoisotopic (exact) mass is 526 g/mol. The summed E-state index contributed by atoms with van der Waals surface area (Å²) < 4.78 is 7.12. The van der Waals surface area contributed by atoms with Crippen LogP contribution in [0.15, 0.2) is 75.6 Å². The molecule has 1 amide bonds. The Morgan fingerprint density at radius 1 is 1.06 bits per heavy atom. The van der Waals surface area contributed by atoms with Crippen LogP contribution in [0, 0.1) is 0 Å². The van der Waals surface area contributed by atoms with E-state index in [1.54, 1.807) is 12.1 Å². The Morgan fingerprint density at radius 2 is 1.85 bits per heavy atom. The molecule has 33 heavy (non-hydrogen) atoms. The Labute approximate surface area is 206 Å². The molecule has 6 nitrogen and oxygen atoms in total. The maximum absolute atomic E-state index is 12.8. The Kier molecular flexibility index (Phi) is 7.45. The lowest BCUT2D eigenvalue weighted by Gasteiger charge is -2.27. The summed E-state index contributed by atoms with van der Waals surface area (Å²) in [5.74, 6) is 0.312. The zero-order valence-electron chi connectivity index (χ0n) is 17.9. The molecule has 4 aromatic rings. The minimum atomic E-state index is -0.186. The predicted octanol–water partition coefficient (Wildman–Crippen LogP) is 5.34. The van der Waals surface area contributed by atoms with E-state index in [1.807, 2.05) is 48.5 Å². The highest BCUT2D eigenvalue weighted by Crippen LogP contribution is 2.32. The average molecular weight is 528 g/mol. The number of anilines is 1. The Hall–Kier alpha value is -2.71. The topological polar surface area (TPSA) is 70.4 Å². The SMILES string of the molecule is Cl.O=C(Nc1ccccc1-c1nc2cccc(CN3CCNCC3)c2o1)c1cccc(Br)c1. The van der Waals surface area contributed by atoms with Gasteiger partial charge in [-0.2, -0.15) is 0 Å². The van der Waals surface area contributed by atoms with Crippen molar-refractivity contribution in [2.45, 2.75) is 6.54 Å². The van der Waals surface area contributed by atoms with Gasteiger partial charge in [0, 0.05) is 48.3 Å². The second kappa shape index (κ2) is 10.5. The molecule has 2 N–H and O–H groups in total. The lowest BCUT2D eigenvalue weighted by Crippen LogP contribution is -2.42. The molecule has 0 spiro atoms. The molecule has 1 aromatic heterocycles. The van der Waals surface area contributed by atoms with Crippen molar-refractivity contribution in [2.75, 3.05) is 31.5 Å². The highest BCUT2D eigenvalue weighted by atomic mass is 79.9. The average Bonchev–Trinajstić information content (AvgIpc) is 3.25. The summed E-state index contributed by atoms with van der Waals surface area (Å²) in [6, 6.07) is 21.0. The maximum Gasteiger partial charge on any atom is 0.255 e. The quantitative estimate of drug-likeness (QED) is 0.367. The van der Waals surface area contributed by atoms with Gasteiger partial charge in [0.05, 0.1) is 11.3 Å². The van der Waals surface area contributed by atoms with Gasteiger partial charge < -0.3 is 15.1 Å². The van der Waals surface area contributed by atoms with Crippen LogP contribution in [0.1, 0.15) is 15.9 Å². The van der Waals surface area contributed by atoms with Gasteiger partial charge in [-0.25, -0.2) is 4.98 Å². The molecule has 0 unspecified atom stereocenters. The van der Waals surface area contributed by atoms with E-state index >= 15 is 0 Å². The van der Waals surface area contributed by atoms with Gasteiger partial charge in [-0.1, -0.05) is 46.3 Å². The maximum atomic E-state index is 12.8. The zero-order valence-corrected chi connectivity index (χ0v) is 20.3. The third-order valence-electron chi connectivity index (χ3n) is 5.59. The number of nitrogens with zero attached hydrogens (tertiary/aromatic N) is 2. The van der Waals surface area contributed by atoms with E-state index in [9.17, 15) is 4.79 Å². The molecule has 1 aliphatic rings.